The SMILES string of the molecule is Cc1ccc(NC(=O)COc2ccc(/C=C(\C#N)c3ccc(Br)cc3)cc2)cc1Cl. The van der Waals surface area contributed by atoms with Crippen LogP contribution in [0.5, 0.6) is 5.75 Å². The topological polar surface area (TPSA) is 62.1 Å². The van der Waals surface area contributed by atoms with Gasteiger partial charge >= 0.3 is 0 Å². The number of nitrogens with one attached hydrogen (secondary N) is 1. The lowest BCUT2D eigenvalue weighted by Gasteiger charge is -2.09. The molecule has 0 heterocycles. The summed E-state index contributed by atoms with van der Waals surface area (Å²) in [7, 11) is 0. The third-order valence-corrected chi connectivity index (χ3v) is 5.23. The number of hydrogen-bond donors (Lipinski definition) is 1. The number of amides is 1. The second-order valence-electron chi connectivity index (χ2n) is 6.55. The van der Waals surface area contributed by atoms with Crippen molar-refractivity contribution in [2.45, 2.75) is 6.92 Å². The quantitative estimate of drug-likeness (QED) is 0.323. The minimum atomic E-state index is -0.277. The van der Waals surface area contributed by atoms with E-state index in [4.69, 9.17) is 16.3 Å². The summed E-state index contributed by atoms with van der Waals surface area (Å²) < 4.78 is 6.50. The van der Waals surface area contributed by atoms with Crippen molar-refractivity contribution in [3.8, 4) is 11.8 Å². The number of nitrogens with zero attached hydrogens (tertiary/aromatic N) is 1. The molecule has 3 rings (SSSR count). The summed E-state index contributed by atoms with van der Waals surface area (Å²) in [6.45, 7) is 1.78. The van der Waals surface area contributed by atoms with E-state index < -0.39 is 0 Å². The molecule has 6 heteroatoms. The van der Waals surface area contributed by atoms with Crippen LogP contribution >= 0.6 is 27.5 Å². The fourth-order valence-corrected chi connectivity index (χ4v) is 3.10. The van der Waals surface area contributed by atoms with E-state index in [1.165, 1.54) is 0 Å². The van der Waals surface area contributed by atoms with Crippen LogP contribution in [-0.2, 0) is 4.79 Å². The van der Waals surface area contributed by atoms with Gasteiger partial charge in [-0.1, -0.05) is 57.9 Å². The second kappa shape index (κ2) is 10.1. The lowest BCUT2D eigenvalue weighted by Crippen LogP contribution is -2.20. The number of rotatable bonds is 6. The van der Waals surface area contributed by atoms with Gasteiger partial charge in [0.05, 0.1) is 11.6 Å². The molecule has 0 radical (unpaired) electrons. The molecule has 0 fully saturated rings. The number of nitriles is 1. The van der Waals surface area contributed by atoms with Crippen molar-refractivity contribution in [2.75, 3.05) is 11.9 Å². The molecule has 0 aliphatic rings. The summed E-state index contributed by atoms with van der Waals surface area (Å²) in [6.07, 6.45) is 1.81. The number of aryl methyl sites for hydroxylation is 1. The van der Waals surface area contributed by atoms with Gasteiger partial charge in [-0.25, -0.2) is 0 Å². The normalized spacial score (nSPS) is 10.9. The Labute approximate surface area is 188 Å². The van der Waals surface area contributed by atoms with Crippen LogP contribution in [0.2, 0.25) is 5.02 Å². The monoisotopic (exact) mass is 480 g/mol. The highest BCUT2D eigenvalue weighted by Crippen LogP contribution is 2.22. The van der Waals surface area contributed by atoms with Crippen LogP contribution in [0.1, 0.15) is 16.7 Å². The first kappa shape index (κ1) is 21.6. The van der Waals surface area contributed by atoms with Gasteiger partial charge in [0.25, 0.3) is 5.91 Å². The molecular formula is C24H18BrClN2O2. The fourth-order valence-electron chi connectivity index (χ4n) is 2.65. The maximum Gasteiger partial charge on any atom is 0.262 e. The minimum Gasteiger partial charge on any atom is -0.484 e. The van der Waals surface area contributed by atoms with Gasteiger partial charge in [0.15, 0.2) is 6.61 Å². The lowest BCUT2D eigenvalue weighted by molar-refractivity contribution is -0.118. The van der Waals surface area contributed by atoms with E-state index in [0.29, 0.717) is 22.0 Å². The summed E-state index contributed by atoms with van der Waals surface area (Å²) in [5.74, 6) is 0.285. The molecule has 0 atom stereocenters. The molecule has 1 amide bonds. The van der Waals surface area contributed by atoms with E-state index >= 15 is 0 Å². The summed E-state index contributed by atoms with van der Waals surface area (Å²) in [4.78, 5) is 12.1. The Bertz CT molecular complexity index is 1120. The fraction of sp³-hybridized carbons (Fsp3) is 0.0833. The molecule has 150 valence electrons. The van der Waals surface area contributed by atoms with Crippen LogP contribution in [0.4, 0.5) is 5.69 Å². The molecule has 0 aliphatic heterocycles. The van der Waals surface area contributed by atoms with E-state index in [-0.39, 0.29) is 12.5 Å². The molecule has 0 aliphatic carbocycles. The van der Waals surface area contributed by atoms with Gasteiger partial charge in [-0.05, 0) is 66.1 Å². The smallest absolute Gasteiger partial charge is 0.262 e. The predicted octanol–water partition coefficient (Wildman–Crippen LogP) is 6.49. The predicted molar refractivity (Wildman–Crippen MR) is 124 cm³/mol. The first-order valence-corrected chi connectivity index (χ1v) is 10.3. The van der Waals surface area contributed by atoms with E-state index in [0.717, 1.165) is 21.2 Å². The van der Waals surface area contributed by atoms with Crippen LogP contribution in [0.25, 0.3) is 11.6 Å². The average Bonchev–Trinajstić information content (AvgIpc) is 2.75. The largest absolute Gasteiger partial charge is 0.484 e. The summed E-state index contributed by atoms with van der Waals surface area (Å²) in [5.41, 5.74) is 3.83. The molecule has 0 saturated carbocycles. The Morgan fingerprint density at radius 2 is 1.83 bits per heavy atom. The average molecular weight is 482 g/mol. The third-order valence-electron chi connectivity index (χ3n) is 4.29. The molecule has 3 aromatic rings. The van der Waals surface area contributed by atoms with E-state index in [1.54, 1.807) is 30.3 Å². The molecule has 0 bridgehead atoms. The van der Waals surface area contributed by atoms with Crippen molar-refractivity contribution in [3.63, 3.8) is 0 Å². The van der Waals surface area contributed by atoms with E-state index in [2.05, 4.69) is 27.3 Å². The van der Waals surface area contributed by atoms with Gasteiger partial charge < -0.3 is 10.1 Å². The number of ether oxygens (including phenoxy) is 1. The van der Waals surface area contributed by atoms with Crippen LogP contribution < -0.4 is 10.1 Å². The van der Waals surface area contributed by atoms with Crippen molar-refractivity contribution >= 4 is 50.8 Å². The molecule has 0 spiro atoms. The molecule has 1 N–H and O–H groups in total. The third kappa shape index (κ3) is 5.96. The maximum atomic E-state index is 12.1. The van der Waals surface area contributed by atoms with Crippen molar-refractivity contribution in [1.82, 2.24) is 0 Å². The Hall–Kier alpha value is -3.07. The highest BCUT2D eigenvalue weighted by Gasteiger charge is 2.06. The molecule has 0 aromatic heterocycles. The number of halogens is 2. The zero-order valence-electron chi connectivity index (χ0n) is 16.2. The Morgan fingerprint density at radius 1 is 1.13 bits per heavy atom. The highest BCUT2D eigenvalue weighted by molar-refractivity contribution is 9.10. The van der Waals surface area contributed by atoms with Crippen molar-refractivity contribution in [1.29, 1.82) is 5.26 Å². The first-order valence-electron chi connectivity index (χ1n) is 9.11. The molecular weight excluding hydrogens is 464 g/mol. The Balaban J connectivity index is 1.60. The highest BCUT2D eigenvalue weighted by atomic mass is 79.9. The van der Waals surface area contributed by atoms with Crippen LogP contribution in [0.15, 0.2) is 71.2 Å². The summed E-state index contributed by atoms with van der Waals surface area (Å²) in [6, 6.07) is 22.3. The molecule has 4 nitrogen and oxygen atoms in total. The van der Waals surface area contributed by atoms with Crippen molar-refractivity contribution in [2.24, 2.45) is 0 Å². The lowest BCUT2D eigenvalue weighted by atomic mass is 10.0. The molecule has 3 aromatic carbocycles. The number of carbonyl (C=O) groups excluding carboxylic acids is 1. The van der Waals surface area contributed by atoms with Gasteiger partial charge in [-0.2, -0.15) is 5.26 Å². The van der Waals surface area contributed by atoms with Crippen LogP contribution in [0, 0.1) is 18.3 Å². The van der Waals surface area contributed by atoms with E-state index in [9.17, 15) is 10.1 Å². The van der Waals surface area contributed by atoms with Crippen molar-refractivity contribution in [3.05, 3.63) is 92.9 Å². The number of allylic oxidation sites excluding steroid dienone is 1. The Kier molecular flexibility index (Phi) is 7.29. The van der Waals surface area contributed by atoms with Crippen LogP contribution in [0.3, 0.4) is 0 Å². The van der Waals surface area contributed by atoms with Gasteiger partial charge in [0, 0.05) is 15.2 Å². The van der Waals surface area contributed by atoms with Crippen molar-refractivity contribution < 1.29 is 9.53 Å². The molecule has 30 heavy (non-hydrogen) atoms. The van der Waals surface area contributed by atoms with Gasteiger partial charge in [-0.3, -0.25) is 4.79 Å². The number of hydrogen-bond acceptors (Lipinski definition) is 3. The first-order chi connectivity index (χ1) is 14.4. The van der Waals surface area contributed by atoms with Gasteiger partial charge in [0.1, 0.15) is 5.75 Å². The maximum absolute atomic E-state index is 12.1. The second-order valence-corrected chi connectivity index (χ2v) is 7.87. The van der Waals surface area contributed by atoms with Gasteiger partial charge in [0.2, 0.25) is 0 Å². The molecule has 0 unspecified atom stereocenters. The molecule has 0 saturated heterocycles. The summed E-state index contributed by atoms with van der Waals surface area (Å²) >= 11 is 9.46. The standard InChI is InChI=1S/C24H18BrClN2O2/c1-16-2-9-21(13-23(16)26)28-24(29)15-30-22-10-3-17(4-11-22)12-19(14-27)18-5-7-20(25)8-6-18/h2-13H,15H2,1H3,(H,28,29)/b19-12+. The zero-order chi connectivity index (χ0) is 21.5. The number of benzene rings is 3. The Morgan fingerprint density at radius 3 is 2.47 bits per heavy atom. The zero-order valence-corrected chi connectivity index (χ0v) is 18.5. The minimum absolute atomic E-state index is 0.122. The van der Waals surface area contributed by atoms with Gasteiger partial charge in [-0.15, -0.1) is 0 Å². The van der Waals surface area contributed by atoms with E-state index in [1.807, 2.05) is 49.4 Å². The summed E-state index contributed by atoms with van der Waals surface area (Å²) in [5, 5.41) is 12.8. The number of anilines is 1. The number of carbonyl (C=O) groups is 1. The van der Waals surface area contributed by atoms with Crippen LogP contribution in [-0.4, -0.2) is 12.5 Å².